The van der Waals surface area contributed by atoms with Crippen molar-refractivity contribution in [1.82, 2.24) is 9.55 Å². The third-order valence-corrected chi connectivity index (χ3v) is 5.06. The molecule has 0 fully saturated rings. The Bertz CT molecular complexity index is 716. The molecule has 0 aliphatic carbocycles. The zero-order valence-electron chi connectivity index (χ0n) is 10.5. The van der Waals surface area contributed by atoms with Gasteiger partial charge in [-0.05, 0) is 34.1 Å². The standard InChI is InChI=1S/C14H14BrN3S/c1-18-12-5-3-2-4-11(12)17-14(18)7-10(16)13-6-9(15)8-19-13/h2-6,8,10H,7,16H2,1H3. The van der Waals surface area contributed by atoms with Crippen molar-refractivity contribution in [2.24, 2.45) is 12.8 Å². The Morgan fingerprint density at radius 2 is 2.21 bits per heavy atom. The Kier molecular flexibility index (Phi) is 3.43. The molecule has 3 rings (SSSR count). The molecule has 1 atom stereocenters. The third-order valence-electron chi connectivity index (χ3n) is 3.24. The van der Waals surface area contributed by atoms with Crippen LogP contribution in [0.2, 0.25) is 0 Å². The van der Waals surface area contributed by atoms with Gasteiger partial charge in [0.25, 0.3) is 0 Å². The molecular formula is C14H14BrN3S. The van der Waals surface area contributed by atoms with E-state index in [1.807, 2.05) is 25.2 Å². The summed E-state index contributed by atoms with van der Waals surface area (Å²) in [6.07, 6.45) is 0.748. The number of aryl methyl sites for hydroxylation is 1. The molecule has 1 aromatic carbocycles. The summed E-state index contributed by atoms with van der Waals surface area (Å²) in [5.41, 5.74) is 8.44. The fourth-order valence-electron chi connectivity index (χ4n) is 2.20. The van der Waals surface area contributed by atoms with Crippen molar-refractivity contribution < 1.29 is 0 Å². The summed E-state index contributed by atoms with van der Waals surface area (Å²) < 4.78 is 3.21. The summed E-state index contributed by atoms with van der Waals surface area (Å²) in [4.78, 5) is 5.84. The maximum Gasteiger partial charge on any atom is 0.111 e. The van der Waals surface area contributed by atoms with Gasteiger partial charge in [-0.2, -0.15) is 0 Å². The van der Waals surface area contributed by atoms with Crippen LogP contribution in [0.5, 0.6) is 0 Å². The van der Waals surface area contributed by atoms with E-state index in [1.54, 1.807) is 11.3 Å². The number of halogens is 1. The Morgan fingerprint density at radius 3 is 2.89 bits per heavy atom. The Hall–Kier alpha value is -1.17. The molecule has 0 spiro atoms. The molecule has 2 aromatic heterocycles. The maximum absolute atomic E-state index is 6.27. The maximum atomic E-state index is 6.27. The summed E-state index contributed by atoms with van der Waals surface area (Å²) in [5.74, 6) is 1.03. The molecule has 0 aliphatic rings. The molecule has 0 saturated heterocycles. The summed E-state index contributed by atoms with van der Waals surface area (Å²) in [5, 5.41) is 2.06. The van der Waals surface area contributed by atoms with Crippen LogP contribution in [0, 0.1) is 0 Å². The number of hydrogen-bond donors (Lipinski definition) is 1. The Morgan fingerprint density at radius 1 is 1.42 bits per heavy atom. The van der Waals surface area contributed by atoms with Crippen molar-refractivity contribution in [1.29, 1.82) is 0 Å². The zero-order valence-corrected chi connectivity index (χ0v) is 12.9. The van der Waals surface area contributed by atoms with E-state index in [4.69, 9.17) is 5.73 Å². The van der Waals surface area contributed by atoms with Gasteiger partial charge in [-0.1, -0.05) is 12.1 Å². The number of benzene rings is 1. The number of thiophene rings is 1. The minimum absolute atomic E-state index is 0.00758. The lowest BCUT2D eigenvalue weighted by atomic mass is 10.2. The first-order valence-electron chi connectivity index (χ1n) is 6.05. The van der Waals surface area contributed by atoms with Crippen molar-refractivity contribution in [3.63, 3.8) is 0 Å². The van der Waals surface area contributed by atoms with E-state index in [1.165, 1.54) is 4.88 Å². The minimum Gasteiger partial charge on any atom is -0.331 e. The average Bonchev–Trinajstić information content (AvgIpc) is 2.96. The predicted octanol–water partition coefficient (Wildman–Crippen LogP) is 3.64. The second kappa shape index (κ2) is 5.07. The molecule has 0 saturated carbocycles. The van der Waals surface area contributed by atoms with Crippen LogP contribution in [0.15, 0.2) is 40.2 Å². The second-order valence-corrected chi connectivity index (χ2v) is 6.41. The monoisotopic (exact) mass is 335 g/mol. The van der Waals surface area contributed by atoms with Crippen LogP contribution in [-0.4, -0.2) is 9.55 Å². The molecule has 5 heteroatoms. The largest absolute Gasteiger partial charge is 0.331 e. The second-order valence-electron chi connectivity index (χ2n) is 4.55. The molecule has 0 aliphatic heterocycles. The topological polar surface area (TPSA) is 43.8 Å². The van der Waals surface area contributed by atoms with Crippen molar-refractivity contribution in [2.75, 3.05) is 0 Å². The number of nitrogens with zero attached hydrogens (tertiary/aromatic N) is 2. The van der Waals surface area contributed by atoms with E-state index in [0.29, 0.717) is 0 Å². The molecule has 1 unspecified atom stereocenters. The first kappa shape index (κ1) is 12.8. The molecule has 0 amide bonds. The predicted molar refractivity (Wildman–Crippen MR) is 83.4 cm³/mol. The first-order valence-corrected chi connectivity index (χ1v) is 7.72. The Labute approximate surface area is 124 Å². The molecule has 2 heterocycles. The SMILES string of the molecule is Cn1c(CC(N)c2cc(Br)cs2)nc2ccccc21. The van der Waals surface area contributed by atoms with Gasteiger partial charge in [0.2, 0.25) is 0 Å². The highest BCUT2D eigenvalue weighted by Crippen LogP contribution is 2.27. The van der Waals surface area contributed by atoms with E-state index >= 15 is 0 Å². The number of fused-ring (bicyclic) bond motifs is 1. The highest BCUT2D eigenvalue weighted by molar-refractivity contribution is 9.10. The molecule has 98 valence electrons. The average molecular weight is 336 g/mol. The van der Waals surface area contributed by atoms with Gasteiger partial charge >= 0.3 is 0 Å². The summed E-state index contributed by atoms with van der Waals surface area (Å²) in [7, 11) is 2.04. The summed E-state index contributed by atoms with van der Waals surface area (Å²) in [6, 6.07) is 10.2. The van der Waals surface area contributed by atoms with Crippen LogP contribution in [0.25, 0.3) is 11.0 Å². The summed E-state index contributed by atoms with van der Waals surface area (Å²) >= 11 is 5.14. The van der Waals surface area contributed by atoms with Crippen LogP contribution in [-0.2, 0) is 13.5 Å². The van der Waals surface area contributed by atoms with Crippen molar-refractivity contribution in [3.05, 3.63) is 50.9 Å². The Balaban J connectivity index is 1.91. The minimum atomic E-state index is -0.00758. The van der Waals surface area contributed by atoms with Gasteiger partial charge in [0.1, 0.15) is 5.82 Å². The fraction of sp³-hybridized carbons (Fsp3) is 0.214. The normalized spacial score (nSPS) is 13.0. The van der Waals surface area contributed by atoms with Crippen LogP contribution < -0.4 is 5.73 Å². The van der Waals surface area contributed by atoms with Gasteiger partial charge in [-0.3, -0.25) is 0 Å². The van der Waals surface area contributed by atoms with Crippen LogP contribution in [0.1, 0.15) is 16.7 Å². The number of nitrogens with two attached hydrogens (primary N) is 1. The van der Waals surface area contributed by atoms with Gasteiger partial charge in [0.15, 0.2) is 0 Å². The van der Waals surface area contributed by atoms with E-state index < -0.39 is 0 Å². The van der Waals surface area contributed by atoms with Gasteiger partial charge in [-0.15, -0.1) is 11.3 Å². The van der Waals surface area contributed by atoms with Crippen LogP contribution in [0.3, 0.4) is 0 Å². The highest BCUT2D eigenvalue weighted by Gasteiger charge is 2.14. The first-order chi connectivity index (χ1) is 9.15. The van der Waals surface area contributed by atoms with E-state index in [9.17, 15) is 0 Å². The molecule has 0 bridgehead atoms. The van der Waals surface area contributed by atoms with E-state index in [0.717, 1.165) is 27.8 Å². The van der Waals surface area contributed by atoms with Gasteiger partial charge in [-0.25, -0.2) is 4.98 Å². The summed E-state index contributed by atoms with van der Waals surface area (Å²) in [6.45, 7) is 0. The number of imidazole rings is 1. The quantitative estimate of drug-likeness (QED) is 0.794. The lowest BCUT2D eigenvalue weighted by Gasteiger charge is -2.09. The van der Waals surface area contributed by atoms with Crippen molar-refractivity contribution in [2.45, 2.75) is 12.5 Å². The van der Waals surface area contributed by atoms with Gasteiger partial charge in [0.05, 0.1) is 11.0 Å². The number of aromatic nitrogens is 2. The molecule has 19 heavy (non-hydrogen) atoms. The molecule has 3 nitrogen and oxygen atoms in total. The molecule has 3 aromatic rings. The molecular weight excluding hydrogens is 322 g/mol. The van der Waals surface area contributed by atoms with E-state index in [-0.39, 0.29) is 6.04 Å². The smallest absolute Gasteiger partial charge is 0.111 e. The van der Waals surface area contributed by atoms with Crippen molar-refractivity contribution >= 4 is 38.3 Å². The highest BCUT2D eigenvalue weighted by atomic mass is 79.9. The third kappa shape index (κ3) is 2.45. The lowest BCUT2D eigenvalue weighted by Crippen LogP contribution is -2.14. The van der Waals surface area contributed by atoms with Gasteiger partial charge in [0, 0.05) is 34.2 Å². The zero-order chi connectivity index (χ0) is 13.4. The molecule has 2 N–H and O–H groups in total. The van der Waals surface area contributed by atoms with E-state index in [2.05, 4.69) is 43.0 Å². The van der Waals surface area contributed by atoms with Crippen LogP contribution in [0.4, 0.5) is 0 Å². The fourth-order valence-corrected chi connectivity index (χ4v) is 3.65. The van der Waals surface area contributed by atoms with Crippen LogP contribution >= 0.6 is 27.3 Å². The number of para-hydroxylation sites is 2. The van der Waals surface area contributed by atoms with Crippen molar-refractivity contribution in [3.8, 4) is 0 Å². The number of hydrogen-bond acceptors (Lipinski definition) is 3. The van der Waals surface area contributed by atoms with Gasteiger partial charge < -0.3 is 10.3 Å². The molecule has 0 radical (unpaired) electrons. The lowest BCUT2D eigenvalue weighted by molar-refractivity contribution is 0.674. The number of rotatable bonds is 3.